The van der Waals surface area contributed by atoms with Crippen molar-refractivity contribution in [1.29, 1.82) is 0 Å². The van der Waals surface area contributed by atoms with Gasteiger partial charge in [0.05, 0.1) is 19.1 Å². The minimum atomic E-state index is -0.502. The molecule has 2 N–H and O–H groups in total. The van der Waals surface area contributed by atoms with E-state index in [1.54, 1.807) is 25.1 Å². The summed E-state index contributed by atoms with van der Waals surface area (Å²) in [6.07, 6.45) is -0.319. The van der Waals surface area contributed by atoms with Gasteiger partial charge in [-0.2, -0.15) is 0 Å². The highest BCUT2D eigenvalue weighted by Gasteiger charge is 2.30. The summed E-state index contributed by atoms with van der Waals surface area (Å²) in [6, 6.07) is 7.97. The quantitative estimate of drug-likeness (QED) is 0.891. The molecule has 1 heterocycles. The Morgan fingerprint density at radius 3 is 2.64 bits per heavy atom. The minimum absolute atomic E-state index is 0.00511. The van der Waals surface area contributed by atoms with Crippen molar-refractivity contribution in [2.75, 3.05) is 7.11 Å². The molecular formula is C17H16O5. The minimum Gasteiger partial charge on any atom is -0.508 e. The second-order valence-electron chi connectivity index (χ2n) is 5.25. The normalized spacial score (nSPS) is 16.8. The van der Waals surface area contributed by atoms with Crippen molar-refractivity contribution < 1.29 is 24.5 Å². The molecule has 2 aromatic rings. The van der Waals surface area contributed by atoms with E-state index in [4.69, 9.17) is 9.47 Å². The number of aromatic hydroxyl groups is 2. The third-order valence-corrected chi connectivity index (χ3v) is 3.88. The molecule has 22 heavy (non-hydrogen) atoms. The first kappa shape index (κ1) is 14.3. The van der Waals surface area contributed by atoms with Crippen LogP contribution in [0.25, 0.3) is 0 Å². The standard InChI is InChI=1S/C17H16O5/c1-9-12(18)5-4-11-13(19)8-16(22-17(9)11)10-3-6-15(21-2)14(20)7-10/h3-7,16,18,20H,8H2,1-2H3. The Hall–Kier alpha value is -2.69. The van der Waals surface area contributed by atoms with Crippen LogP contribution in [0.4, 0.5) is 0 Å². The summed E-state index contributed by atoms with van der Waals surface area (Å²) in [4.78, 5) is 12.3. The summed E-state index contributed by atoms with van der Waals surface area (Å²) < 4.78 is 10.9. The van der Waals surface area contributed by atoms with E-state index in [9.17, 15) is 15.0 Å². The van der Waals surface area contributed by atoms with Crippen LogP contribution in [-0.2, 0) is 0 Å². The Kier molecular flexibility index (Phi) is 3.41. The van der Waals surface area contributed by atoms with E-state index >= 15 is 0 Å². The van der Waals surface area contributed by atoms with Gasteiger partial charge in [0, 0.05) is 5.56 Å². The van der Waals surface area contributed by atoms with E-state index in [1.165, 1.54) is 19.2 Å². The Bertz CT molecular complexity index is 751. The fourth-order valence-electron chi connectivity index (χ4n) is 2.61. The largest absolute Gasteiger partial charge is 0.508 e. The van der Waals surface area contributed by atoms with Crippen LogP contribution in [0.2, 0.25) is 0 Å². The molecule has 0 bridgehead atoms. The molecule has 1 unspecified atom stereocenters. The highest BCUT2D eigenvalue weighted by Crippen LogP contribution is 2.41. The van der Waals surface area contributed by atoms with Crippen LogP contribution < -0.4 is 9.47 Å². The van der Waals surface area contributed by atoms with E-state index in [1.807, 2.05) is 0 Å². The zero-order valence-corrected chi connectivity index (χ0v) is 12.3. The number of carbonyl (C=O) groups is 1. The Morgan fingerprint density at radius 1 is 1.18 bits per heavy atom. The number of methoxy groups -OCH3 is 1. The molecule has 0 saturated carbocycles. The third kappa shape index (κ3) is 2.24. The number of carbonyl (C=O) groups excluding carboxylic acids is 1. The lowest BCUT2D eigenvalue weighted by atomic mass is 9.94. The maximum absolute atomic E-state index is 12.3. The van der Waals surface area contributed by atoms with E-state index in [0.717, 1.165) is 0 Å². The van der Waals surface area contributed by atoms with Gasteiger partial charge in [0.25, 0.3) is 0 Å². The lowest BCUT2D eigenvalue weighted by Crippen LogP contribution is -2.21. The van der Waals surface area contributed by atoms with Crippen LogP contribution in [0.3, 0.4) is 0 Å². The molecule has 5 nitrogen and oxygen atoms in total. The number of rotatable bonds is 2. The topological polar surface area (TPSA) is 76.0 Å². The van der Waals surface area contributed by atoms with Gasteiger partial charge in [-0.1, -0.05) is 6.07 Å². The molecule has 0 aliphatic carbocycles. The number of phenols is 2. The smallest absolute Gasteiger partial charge is 0.170 e. The number of Topliss-reactive ketones (excluding diaryl/α,β-unsaturated/α-hetero) is 1. The van der Waals surface area contributed by atoms with Crippen LogP contribution >= 0.6 is 0 Å². The van der Waals surface area contributed by atoms with Gasteiger partial charge >= 0.3 is 0 Å². The first-order chi connectivity index (χ1) is 10.5. The van der Waals surface area contributed by atoms with Crippen LogP contribution in [0.5, 0.6) is 23.0 Å². The number of phenolic OH excluding ortho intramolecular Hbond substituents is 2. The molecule has 1 aliphatic heterocycles. The predicted octanol–water partition coefficient (Wildman–Crippen LogP) is 3.12. The lowest BCUT2D eigenvalue weighted by Gasteiger charge is -2.27. The second-order valence-corrected chi connectivity index (χ2v) is 5.25. The SMILES string of the molecule is COc1ccc(C2CC(=O)c3ccc(O)c(C)c3O2)cc1O. The third-order valence-electron chi connectivity index (χ3n) is 3.88. The van der Waals surface area contributed by atoms with Crippen molar-refractivity contribution in [3.63, 3.8) is 0 Å². The average Bonchev–Trinajstić information content (AvgIpc) is 2.51. The van der Waals surface area contributed by atoms with Gasteiger partial charge in [0.15, 0.2) is 17.3 Å². The zero-order valence-electron chi connectivity index (χ0n) is 12.3. The molecule has 0 fully saturated rings. The van der Waals surface area contributed by atoms with Crippen molar-refractivity contribution >= 4 is 5.78 Å². The van der Waals surface area contributed by atoms with Gasteiger partial charge in [0.2, 0.25) is 0 Å². The number of hydrogen-bond donors (Lipinski definition) is 2. The fraction of sp³-hybridized carbons (Fsp3) is 0.235. The van der Waals surface area contributed by atoms with Gasteiger partial charge in [-0.15, -0.1) is 0 Å². The molecule has 3 rings (SSSR count). The molecule has 1 atom stereocenters. The Balaban J connectivity index is 2.00. The van der Waals surface area contributed by atoms with Gasteiger partial charge in [-0.3, -0.25) is 4.79 Å². The van der Waals surface area contributed by atoms with Crippen LogP contribution in [0.15, 0.2) is 30.3 Å². The number of fused-ring (bicyclic) bond motifs is 1. The van der Waals surface area contributed by atoms with Gasteiger partial charge < -0.3 is 19.7 Å². The summed E-state index contributed by atoms with van der Waals surface area (Å²) in [5, 5.41) is 19.7. The van der Waals surface area contributed by atoms with Crippen molar-refractivity contribution in [3.05, 3.63) is 47.0 Å². The van der Waals surface area contributed by atoms with Crippen LogP contribution in [-0.4, -0.2) is 23.1 Å². The summed E-state index contributed by atoms with van der Waals surface area (Å²) >= 11 is 0. The number of benzene rings is 2. The highest BCUT2D eigenvalue weighted by molar-refractivity contribution is 6.00. The number of hydrogen-bond acceptors (Lipinski definition) is 5. The molecule has 0 saturated heterocycles. The van der Waals surface area contributed by atoms with Crippen molar-refractivity contribution in [1.82, 2.24) is 0 Å². The monoisotopic (exact) mass is 300 g/mol. The molecule has 114 valence electrons. The maximum atomic E-state index is 12.3. The number of ketones is 1. The Morgan fingerprint density at radius 2 is 1.95 bits per heavy atom. The van der Waals surface area contributed by atoms with Crippen LogP contribution in [0.1, 0.15) is 34.0 Å². The molecule has 0 radical (unpaired) electrons. The molecule has 0 aromatic heterocycles. The average molecular weight is 300 g/mol. The van der Waals surface area contributed by atoms with Crippen molar-refractivity contribution in [2.45, 2.75) is 19.4 Å². The molecule has 0 spiro atoms. The summed E-state index contributed by atoms with van der Waals surface area (Å²) in [5.74, 6) is 0.792. The first-order valence-electron chi connectivity index (χ1n) is 6.90. The molecule has 5 heteroatoms. The van der Waals surface area contributed by atoms with E-state index in [2.05, 4.69) is 0 Å². The van der Waals surface area contributed by atoms with E-state index in [0.29, 0.717) is 28.2 Å². The van der Waals surface area contributed by atoms with Gasteiger partial charge in [0.1, 0.15) is 17.6 Å². The summed E-state index contributed by atoms with van der Waals surface area (Å²) in [6.45, 7) is 1.70. The Labute approximate surface area is 127 Å². The maximum Gasteiger partial charge on any atom is 0.170 e. The molecule has 2 aromatic carbocycles. The van der Waals surface area contributed by atoms with Crippen molar-refractivity contribution in [2.24, 2.45) is 0 Å². The van der Waals surface area contributed by atoms with Crippen molar-refractivity contribution in [3.8, 4) is 23.0 Å². The summed E-state index contributed by atoms with van der Waals surface area (Å²) in [7, 11) is 1.47. The van der Waals surface area contributed by atoms with Gasteiger partial charge in [-0.05, 0) is 36.8 Å². The molecular weight excluding hydrogens is 284 g/mol. The summed E-state index contributed by atoms with van der Waals surface area (Å²) in [5.41, 5.74) is 1.69. The molecule has 0 amide bonds. The highest BCUT2D eigenvalue weighted by atomic mass is 16.5. The van der Waals surface area contributed by atoms with E-state index in [-0.39, 0.29) is 23.7 Å². The predicted molar refractivity (Wildman–Crippen MR) is 79.8 cm³/mol. The molecule has 1 aliphatic rings. The van der Waals surface area contributed by atoms with E-state index < -0.39 is 6.10 Å². The van der Waals surface area contributed by atoms with Crippen LogP contribution in [0, 0.1) is 6.92 Å². The number of ether oxygens (including phenoxy) is 2. The lowest BCUT2D eigenvalue weighted by molar-refractivity contribution is 0.0847. The first-order valence-corrected chi connectivity index (χ1v) is 6.90. The second kappa shape index (κ2) is 5.26. The fourth-order valence-corrected chi connectivity index (χ4v) is 2.61. The zero-order chi connectivity index (χ0) is 15.9. The van der Waals surface area contributed by atoms with Gasteiger partial charge in [-0.25, -0.2) is 0 Å².